The number of benzene rings is 2. The largest absolute Gasteiger partial charge is 0.478 e. The first-order valence-corrected chi connectivity index (χ1v) is 8.24. The van der Waals surface area contributed by atoms with Gasteiger partial charge in [-0.1, -0.05) is 12.1 Å². The van der Waals surface area contributed by atoms with E-state index in [1.165, 1.54) is 30.3 Å². The lowest BCUT2D eigenvalue weighted by Gasteiger charge is -2.11. The Balaban J connectivity index is 2.49. The first-order valence-electron chi connectivity index (χ1n) is 5.61. The number of hydrogen-bond acceptors (Lipinski definition) is 4. The van der Waals surface area contributed by atoms with Crippen LogP contribution in [0.15, 0.2) is 47.4 Å². The summed E-state index contributed by atoms with van der Waals surface area (Å²) in [6.45, 7) is 0. The maximum Gasteiger partial charge on any atom is 0.335 e. The van der Waals surface area contributed by atoms with Gasteiger partial charge in [0.05, 0.1) is 9.13 Å². The van der Waals surface area contributed by atoms with Gasteiger partial charge in [-0.15, -0.1) is 0 Å². The SMILES string of the molecule is NS(=O)(=O)c1ccccc1Oc1cc(C(=O)O)ccc1I. The normalized spacial score (nSPS) is 11.1. The molecule has 2 rings (SSSR count). The van der Waals surface area contributed by atoms with Gasteiger partial charge in [-0.25, -0.2) is 18.4 Å². The molecule has 0 heterocycles. The van der Waals surface area contributed by atoms with Gasteiger partial charge in [-0.2, -0.15) is 0 Å². The van der Waals surface area contributed by atoms with Crippen LogP contribution in [0.5, 0.6) is 11.5 Å². The second-order valence-corrected chi connectivity index (χ2v) is 6.74. The third kappa shape index (κ3) is 3.71. The standard InChI is InChI=1S/C13H10INO5S/c14-9-6-5-8(13(16)17)7-11(9)20-10-3-1-2-4-12(10)21(15,18)19/h1-7H,(H,16,17)(H2,15,18,19). The number of para-hydroxylation sites is 1. The maximum absolute atomic E-state index is 11.5. The van der Waals surface area contributed by atoms with Crippen LogP contribution in [0, 0.1) is 3.57 Å². The van der Waals surface area contributed by atoms with E-state index in [0.29, 0.717) is 3.57 Å². The van der Waals surface area contributed by atoms with Crippen molar-refractivity contribution in [1.29, 1.82) is 0 Å². The highest BCUT2D eigenvalue weighted by Crippen LogP contribution is 2.31. The van der Waals surface area contributed by atoms with Crippen LogP contribution in [0.1, 0.15) is 10.4 Å². The first-order chi connectivity index (χ1) is 9.79. The molecule has 6 nitrogen and oxygen atoms in total. The number of rotatable bonds is 4. The van der Waals surface area contributed by atoms with Gasteiger partial charge in [-0.3, -0.25) is 0 Å². The van der Waals surface area contributed by atoms with Gasteiger partial charge >= 0.3 is 5.97 Å². The van der Waals surface area contributed by atoms with Gasteiger partial charge in [0, 0.05) is 0 Å². The third-order valence-corrected chi connectivity index (χ3v) is 4.40. The summed E-state index contributed by atoms with van der Waals surface area (Å²) >= 11 is 1.96. The zero-order chi connectivity index (χ0) is 15.6. The van der Waals surface area contributed by atoms with Crippen molar-refractivity contribution in [3.8, 4) is 11.5 Å². The second-order valence-electron chi connectivity index (χ2n) is 4.04. The predicted octanol–water partition coefficient (Wildman–Crippen LogP) is 2.43. The van der Waals surface area contributed by atoms with Crippen molar-refractivity contribution in [2.45, 2.75) is 4.90 Å². The summed E-state index contributed by atoms with van der Waals surface area (Å²) in [5, 5.41) is 14.1. The minimum absolute atomic E-state index is 0.0403. The van der Waals surface area contributed by atoms with E-state index < -0.39 is 16.0 Å². The van der Waals surface area contributed by atoms with Crippen molar-refractivity contribution >= 4 is 38.6 Å². The molecule has 0 unspecified atom stereocenters. The Bertz CT molecular complexity index is 804. The Labute approximate surface area is 134 Å². The lowest BCUT2D eigenvalue weighted by molar-refractivity contribution is 0.0696. The molecule has 0 amide bonds. The summed E-state index contributed by atoms with van der Waals surface area (Å²) in [5.74, 6) is -0.817. The Morgan fingerprint density at radius 3 is 2.43 bits per heavy atom. The van der Waals surface area contributed by atoms with E-state index in [0.717, 1.165) is 0 Å². The quantitative estimate of drug-likeness (QED) is 0.741. The fourth-order valence-corrected chi connectivity index (χ4v) is 2.71. The zero-order valence-electron chi connectivity index (χ0n) is 10.5. The second kappa shape index (κ2) is 6.00. The van der Waals surface area contributed by atoms with Gasteiger partial charge in [-0.05, 0) is 52.9 Å². The van der Waals surface area contributed by atoms with Crippen LogP contribution in [0.4, 0.5) is 0 Å². The molecule has 8 heteroatoms. The van der Waals surface area contributed by atoms with Crippen molar-refractivity contribution in [2.75, 3.05) is 0 Å². The van der Waals surface area contributed by atoms with Crippen molar-refractivity contribution in [2.24, 2.45) is 5.14 Å². The van der Waals surface area contributed by atoms with Gasteiger partial charge in [0.25, 0.3) is 0 Å². The number of halogens is 1. The fraction of sp³-hybridized carbons (Fsp3) is 0. The molecule has 2 aromatic carbocycles. The highest BCUT2D eigenvalue weighted by atomic mass is 127. The number of primary sulfonamides is 1. The van der Waals surface area contributed by atoms with E-state index in [2.05, 4.69) is 0 Å². The van der Waals surface area contributed by atoms with Crippen LogP contribution in [0.25, 0.3) is 0 Å². The molecule has 3 N–H and O–H groups in total. The molecule has 0 aromatic heterocycles. The van der Waals surface area contributed by atoms with Crippen molar-refractivity contribution in [3.63, 3.8) is 0 Å². The molecule has 0 aliphatic heterocycles. The van der Waals surface area contributed by atoms with Crippen molar-refractivity contribution < 1.29 is 23.1 Å². The highest BCUT2D eigenvalue weighted by molar-refractivity contribution is 14.1. The lowest BCUT2D eigenvalue weighted by atomic mass is 10.2. The number of carboxylic acids is 1. The molecule has 0 saturated heterocycles. The highest BCUT2D eigenvalue weighted by Gasteiger charge is 2.16. The average molecular weight is 419 g/mol. The average Bonchev–Trinajstić information content (AvgIpc) is 2.40. The number of carbonyl (C=O) groups is 1. The summed E-state index contributed by atoms with van der Waals surface area (Å²) in [7, 11) is -3.94. The molecule has 2 aromatic rings. The van der Waals surface area contributed by atoms with E-state index in [1.807, 2.05) is 22.6 Å². The molecule has 110 valence electrons. The van der Waals surface area contributed by atoms with Crippen LogP contribution in [0.2, 0.25) is 0 Å². The summed E-state index contributed by atoms with van der Waals surface area (Å²) < 4.78 is 29.2. The van der Waals surface area contributed by atoms with Crippen LogP contribution >= 0.6 is 22.6 Å². The zero-order valence-corrected chi connectivity index (χ0v) is 13.5. The Morgan fingerprint density at radius 2 is 1.81 bits per heavy atom. The Kier molecular flexibility index (Phi) is 4.49. The number of ether oxygens (including phenoxy) is 1. The van der Waals surface area contributed by atoms with E-state index in [1.54, 1.807) is 12.1 Å². The van der Waals surface area contributed by atoms with E-state index in [9.17, 15) is 13.2 Å². The predicted molar refractivity (Wildman–Crippen MR) is 84.0 cm³/mol. The summed E-state index contributed by atoms with van der Waals surface area (Å²) in [6.07, 6.45) is 0. The van der Waals surface area contributed by atoms with E-state index >= 15 is 0 Å². The molecule has 0 radical (unpaired) electrons. The van der Waals surface area contributed by atoms with Crippen LogP contribution in [0.3, 0.4) is 0 Å². The Morgan fingerprint density at radius 1 is 1.14 bits per heavy atom. The minimum Gasteiger partial charge on any atom is -0.478 e. The number of carboxylic acid groups (broad SMARTS) is 1. The van der Waals surface area contributed by atoms with Crippen LogP contribution < -0.4 is 9.88 Å². The molecule has 0 fully saturated rings. The molecule has 0 saturated carbocycles. The molecular formula is C13H10INO5S. The van der Waals surface area contributed by atoms with Gasteiger partial charge in [0.1, 0.15) is 16.4 Å². The maximum atomic E-state index is 11.5. The summed E-state index contributed by atoms with van der Waals surface area (Å²) in [4.78, 5) is 10.8. The molecular weight excluding hydrogens is 409 g/mol. The molecule has 0 aliphatic carbocycles. The molecule has 0 bridgehead atoms. The lowest BCUT2D eigenvalue weighted by Crippen LogP contribution is -2.13. The van der Waals surface area contributed by atoms with Gasteiger partial charge in [0.15, 0.2) is 0 Å². The number of hydrogen-bond donors (Lipinski definition) is 2. The molecule has 0 aliphatic rings. The summed E-state index contributed by atoms with van der Waals surface area (Å²) in [5.41, 5.74) is 0.0403. The van der Waals surface area contributed by atoms with Crippen LogP contribution in [-0.2, 0) is 10.0 Å². The fourth-order valence-electron chi connectivity index (χ4n) is 1.60. The Hall–Kier alpha value is -1.65. The number of nitrogens with two attached hydrogens (primary N) is 1. The number of sulfonamides is 1. The van der Waals surface area contributed by atoms with E-state index in [4.69, 9.17) is 15.0 Å². The smallest absolute Gasteiger partial charge is 0.335 e. The number of aromatic carboxylic acids is 1. The van der Waals surface area contributed by atoms with Crippen molar-refractivity contribution in [1.82, 2.24) is 0 Å². The van der Waals surface area contributed by atoms with Gasteiger partial charge in [0.2, 0.25) is 10.0 Å². The first kappa shape index (κ1) is 15.7. The van der Waals surface area contributed by atoms with Crippen molar-refractivity contribution in [3.05, 3.63) is 51.6 Å². The monoisotopic (exact) mass is 419 g/mol. The van der Waals surface area contributed by atoms with Gasteiger partial charge < -0.3 is 9.84 Å². The summed E-state index contributed by atoms with van der Waals surface area (Å²) in [6, 6.07) is 10.2. The van der Waals surface area contributed by atoms with Crippen LogP contribution in [-0.4, -0.2) is 19.5 Å². The molecule has 0 atom stereocenters. The molecule has 0 spiro atoms. The topological polar surface area (TPSA) is 107 Å². The minimum atomic E-state index is -3.94. The third-order valence-electron chi connectivity index (χ3n) is 2.55. The van der Waals surface area contributed by atoms with E-state index in [-0.39, 0.29) is 22.0 Å². The molecule has 21 heavy (non-hydrogen) atoms.